The summed E-state index contributed by atoms with van der Waals surface area (Å²) in [5, 5.41) is 2.25. The van der Waals surface area contributed by atoms with E-state index in [1.54, 1.807) is 24.3 Å². The maximum absolute atomic E-state index is 11.9. The fraction of sp³-hybridized carbons (Fsp3) is 0.462. The third-order valence-corrected chi connectivity index (χ3v) is 5.91. The standard InChI is InChI=1S/C13H16ClNO3S/c14-8-10-3-5-11(6-4-10)13(16)15-9-12-2-1-7-19(12,17)18/h3-6,12H,1-2,7-9H2,(H,15,16). The van der Waals surface area contributed by atoms with Crippen LogP contribution in [0.5, 0.6) is 0 Å². The zero-order chi connectivity index (χ0) is 13.9. The maximum Gasteiger partial charge on any atom is 0.251 e. The van der Waals surface area contributed by atoms with Crippen LogP contribution >= 0.6 is 11.6 Å². The molecule has 0 radical (unpaired) electrons. The zero-order valence-corrected chi connectivity index (χ0v) is 12.0. The van der Waals surface area contributed by atoms with Gasteiger partial charge >= 0.3 is 0 Å². The molecule has 1 heterocycles. The van der Waals surface area contributed by atoms with Crippen LogP contribution in [0.15, 0.2) is 24.3 Å². The van der Waals surface area contributed by atoms with Crippen molar-refractivity contribution in [2.75, 3.05) is 12.3 Å². The van der Waals surface area contributed by atoms with Crippen LogP contribution in [0.3, 0.4) is 0 Å². The SMILES string of the molecule is O=C(NCC1CCCS1(=O)=O)c1ccc(CCl)cc1. The van der Waals surface area contributed by atoms with E-state index in [4.69, 9.17) is 11.6 Å². The van der Waals surface area contributed by atoms with E-state index in [2.05, 4.69) is 5.32 Å². The summed E-state index contributed by atoms with van der Waals surface area (Å²) in [6.07, 6.45) is 1.32. The minimum absolute atomic E-state index is 0.193. The van der Waals surface area contributed by atoms with Gasteiger partial charge in [-0.3, -0.25) is 4.79 Å². The first-order valence-corrected chi connectivity index (χ1v) is 8.42. The third kappa shape index (κ3) is 3.48. The molecule has 1 fully saturated rings. The Morgan fingerprint density at radius 2 is 2.00 bits per heavy atom. The van der Waals surface area contributed by atoms with Gasteiger partial charge in [0.1, 0.15) is 0 Å². The van der Waals surface area contributed by atoms with Gasteiger partial charge in [0.25, 0.3) is 5.91 Å². The number of sulfone groups is 1. The second-order valence-corrected chi connectivity index (χ2v) is 7.34. The number of carbonyl (C=O) groups is 1. The Kier molecular flexibility index (Phi) is 4.47. The molecule has 4 nitrogen and oxygen atoms in total. The van der Waals surface area contributed by atoms with Crippen molar-refractivity contribution in [3.05, 3.63) is 35.4 Å². The van der Waals surface area contributed by atoms with Crippen LogP contribution in [0.1, 0.15) is 28.8 Å². The van der Waals surface area contributed by atoms with Gasteiger partial charge in [-0.1, -0.05) is 12.1 Å². The lowest BCUT2D eigenvalue weighted by Crippen LogP contribution is -2.34. The summed E-state index contributed by atoms with van der Waals surface area (Å²) in [7, 11) is -3.01. The Balaban J connectivity index is 1.94. The average molecular weight is 302 g/mol. The number of benzene rings is 1. The molecule has 1 N–H and O–H groups in total. The minimum Gasteiger partial charge on any atom is -0.351 e. The van der Waals surface area contributed by atoms with E-state index in [1.807, 2.05) is 0 Å². The summed E-state index contributed by atoms with van der Waals surface area (Å²) < 4.78 is 23.3. The average Bonchev–Trinajstić information content (AvgIpc) is 2.75. The molecule has 1 unspecified atom stereocenters. The molecule has 19 heavy (non-hydrogen) atoms. The van der Waals surface area contributed by atoms with Crippen molar-refractivity contribution in [2.24, 2.45) is 0 Å². The summed E-state index contributed by atoms with van der Waals surface area (Å²) >= 11 is 5.67. The van der Waals surface area contributed by atoms with E-state index in [9.17, 15) is 13.2 Å². The van der Waals surface area contributed by atoms with E-state index in [-0.39, 0.29) is 18.2 Å². The van der Waals surface area contributed by atoms with Gasteiger partial charge in [-0.2, -0.15) is 0 Å². The van der Waals surface area contributed by atoms with E-state index in [0.29, 0.717) is 24.3 Å². The first-order valence-electron chi connectivity index (χ1n) is 6.17. The molecular weight excluding hydrogens is 286 g/mol. The number of carbonyl (C=O) groups excluding carboxylic acids is 1. The van der Waals surface area contributed by atoms with Gasteiger partial charge in [0.15, 0.2) is 9.84 Å². The molecule has 1 amide bonds. The summed E-state index contributed by atoms with van der Waals surface area (Å²) in [5.74, 6) is 0.392. The number of halogens is 1. The molecule has 6 heteroatoms. The largest absolute Gasteiger partial charge is 0.351 e. The quantitative estimate of drug-likeness (QED) is 0.862. The molecule has 0 aliphatic carbocycles. The predicted octanol–water partition coefficient (Wildman–Crippen LogP) is 1.73. The van der Waals surface area contributed by atoms with E-state index >= 15 is 0 Å². The van der Waals surface area contributed by atoms with Gasteiger partial charge < -0.3 is 5.32 Å². The number of hydrogen-bond acceptors (Lipinski definition) is 3. The molecule has 1 atom stereocenters. The number of hydrogen-bond donors (Lipinski definition) is 1. The Bertz CT molecular complexity index is 554. The molecule has 1 aromatic rings. The highest BCUT2D eigenvalue weighted by Gasteiger charge is 2.31. The topological polar surface area (TPSA) is 63.2 Å². The highest BCUT2D eigenvalue weighted by molar-refractivity contribution is 7.92. The van der Waals surface area contributed by atoms with Crippen molar-refractivity contribution in [1.82, 2.24) is 5.32 Å². The van der Waals surface area contributed by atoms with Gasteiger partial charge in [-0.25, -0.2) is 8.42 Å². The van der Waals surface area contributed by atoms with Gasteiger partial charge in [-0.15, -0.1) is 11.6 Å². The van der Waals surface area contributed by atoms with E-state index in [1.165, 1.54) is 0 Å². The zero-order valence-electron chi connectivity index (χ0n) is 10.4. The van der Waals surface area contributed by atoms with E-state index < -0.39 is 15.1 Å². The van der Waals surface area contributed by atoms with Crippen molar-refractivity contribution in [3.63, 3.8) is 0 Å². The van der Waals surface area contributed by atoms with Crippen LogP contribution in [0, 0.1) is 0 Å². The van der Waals surface area contributed by atoms with Crippen molar-refractivity contribution in [3.8, 4) is 0 Å². The lowest BCUT2D eigenvalue weighted by Gasteiger charge is -2.11. The minimum atomic E-state index is -3.01. The lowest BCUT2D eigenvalue weighted by atomic mass is 10.1. The number of nitrogens with one attached hydrogen (secondary N) is 1. The molecule has 1 aliphatic rings. The van der Waals surface area contributed by atoms with Gasteiger partial charge in [0.2, 0.25) is 0 Å². The summed E-state index contributed by atoms with van der Waals surface area (Å²) in [4.78, 5) is 11.9. The van der Waals surface area contributed by atoms with Crippen molar-refractivity contribution in [1.29, 1.82) is 0 Å². The number of amides is 1. The first-order chi connectivity index (χ1) is 9.03. The molecule has 104 valence electrons. The molecular formula is C13H16ClNO3S. The molecule has 1 saturated heterocycles. The maximum atomic E-state index is 11.9. The fourth-order valence-electron chi connectivity index (χ4n) is 2.14. The summed E-state index contributed by atoms with van der Waals surface area (Å²) in [6, 6.07) is 6.95. The Morgan fingerprint density at radius 3 is 2.53 bits per heavy atom. The number of rotatable bonds is 4. The normalized spacial score (nSPS) is 21.2. The molecule has 0 bridgehead atoms. The Labute approximate surface area is 118 Å². The molecule has 0 aromatic heterocycles. The molecule has 0 saturated carbocycles. The highest BCUT2D eigenvalue weighted by Crippen LogP contribution is 2.19. The first kappa shape index (κ1) is 14.3. The van der Waals surface area contributed by atoms with Crippen LogP contribution < -0.4 is 5.32 Å². The van der Waals surface area contributed by atoms with Crippen molar-refractivity contribution < 1.29 is 13.2 Å². The summed E-state index contributed by atoms with van der Waals surface area (Å²) in [5.41, 5.74) is 1.46. The molecule has 1 aliphatic heterocycles. The van der Waals surface area contributed by atoms with Crippen molar-refractivity contribution in [2.45, 2.75) is 24.0 Å². The van der Waals surface area contributed by atoms with Crippen LogP contribution in [0.4, 0.5) is 0 Å². The smallest absolute Gasteiger partial charge is 0.251 e. The third-order valence-electron chi connectivity index (χ3n) is 3.32. The van der Waals surface area contributed by atoms with Crippen LogP contribution in [0.25, 0.3) is 0 Å². The molecule has 0 spiro atoms. The van der Waals surface area contributed by atoms with Gasteiger partial charge in [0, 0.05) is 18.0 Å². The monoisotopic (exact) mass is 301 g/mol. The number of alkyl halides is 1. The van der Waals surface area contributed by atoms with E-state index in [0.717, 1.165) is 5.56 Å². The van der Waals surface area contributed by atoms with Crippen LogP contribution in [-0.2, 0) is 15.7 Å². The Morgan fingerprint density at radius 1 is 1.32 bits per heavy atom. The highest BCUT2D eigenvalue weighted by atomic mass is 35.5. The molecule has 2 rings (SSSR count). The predicted molar refractivity (Wildman–Crippen MR) is 75.1 cm³/mol. The fourth-order valence-corrected chi connectivity index (χ4v) is 4.08. The second kappa shape index (κ2) is 5.92. The van der Waals surface area contributed by atoms with Gasteiger partial charge in [-0.05, 0) is 30.5 Å². The molecule has 1 aromatic carbocycles. The van der Waals surface area contributed by atoms with Crippen molar-refractivity contribution >= 4 is 27.3 Å². The summed E-state index contributed by atoms with van der Waals surface area (Å²) in [6.45, 7) is 0.193. The second-order valence-electron chi connectivity index (χ2n) is 4.67. The van der Waals surface area contributed by atoms with Crippen LogP contribution in [-0.4, -0.2) is 31.9 Å². The van der Waals surface area contributed by atoms with Crippen LogP contribution in [0.2, 0.25) is 0 Å². The van der Waals surface area contributed by atoms with Gasteiger partial charge in [0.05, 0.1) is 11.0 Å². The lowest BCUT2D eigenvalue weighted by molar-refractivity contribution is 0.0953. The Hall–Kier alpha value is -1.07.